The lowest BCUT2D eigenvalue weighted by molar-refractivity contribution is -0.142. The van der Waals surface area contributed by atoms with Gasteiger partial charge in [0.1, 0.15) is 5.69 Å². The summed E-state index contributed by atoms with van der Waals surface area (Å²) in [7, 11) is 0. The summed E-state index contributed by atoms with van der Waals surface area (Å²) in [5, 5.41) is 11.7. The maximum atomic E-state index is 11.8. The second kappa shape index (κ2) is 5.64. The Morgan fingerprint density at radius 2 is 2.00 bits per heavy atom. The van der Waals surface area contributed by atoms with Crippen molar-refractivity contribution < 1.29 is 14.7 Å². The zero-order valence-electron chi connectivity index (χ0n) is 10.3. The normalized spacial score (nSPS) is 22.7. The van der Waals surface area contributed by atoms with Crippen molar-refractivity contribution >= 4 is 11.9 Å². The van der Waals surface area contributed by atoms with Gasteiger partial charge in [0.2, 0.25) is 0 Å². The molecule has 1 aromatic heterocycles. The average molecular weight is 265 g/mol. The number of amides is 1. The standard InChI is InChI=1S/C12H15N3O4/c16-10-6-13-9(5-14-10)11(17)15-8-3-1-7(2-4-8)12(18)19/h5-8H,1-4H2,(H,14,16)(H,15,17)(H,18,19). The summed E-state index contributed by atoms with van der Waals surface area (Å²) in [6.45, 7) is 0. The van der Waals surface area contributed by atoms with Crippen LogP contribution in [0.4, 0.5) is 0 Å². The number of carboxylic acids is 1. The SMILES string of the molecule is O=C(NC1CCC(C(=O)O)CC1)c1c[nH]c(=O)cn1. The van der Waals surface area contributed by atoms with E-state index < -0.39 is 5.97 Å². The number of H-pyrrole nitrogens is 1. The van der Waals surface area contributed by atoms with Crippen LogP contribution in [0.25, 0.3) is 0 Å². The molecule has 1 amide bonds. The molecule has 0 aromatic carbocycles. The molecule has 0 aliphatic heterocycles. The second-order valence-corrected chi connectivity index (χ2v) is 4.66. The summed E-state index contributed by atoms with van der Waals surface area (Å²) in [5.41, 5.74) is -0.210. The van der Waals surface area contributed by atoms with Gasteiger partial charge in [-0.05, 0) is 25.7 Å². The van der Waals surface area contributed by atoms with E-state index in [1.165, 1.54) is 6.20 Å². The Morgan fingerprint density at radius 1 is 1.32 bits per heavy atom. The van der Waals surface area contributed by atoms with Crippen LogP contribution in [0.2, 0.25) is 0 Å². The molecule has 0 unspecified atom stereocenters. The zero-order chi connectivity index (χ0) is 13.8. The maximum Gasteiger partial charge on any atom is 0.306 e. The highest BCUT2D eigenvalue weighted by Gasteiger charge is 2.27. The monoisotopic (exact) mass is 265 g/mol. The van der Waals surface area contributed by atoms with Crippen molar-refractivity contribution in [3.63, 3.8) is 0 Å². The molecule has 19 heavy (non-hydrogen) atoms. The number of nitrogens with zero attached hydrogens (tertiary/aromatic N) is 1. The molecule has 2 rings (SSSR count). The first-order valence-corrected chi connectivity index (χ1v) is 6.14. The molecule has 7 nitrogen and oxygen atoms in total. The van der Waals surface area contributed by atoms with E-state index in [-0.39, 0.29) is 29.1 Å². The lowest BCUT2D eigenvalue weighted by Gasteiger charge is -2.26. The van der Waals surface area contributed by atoms with Crippen molar-refractivity contribution in [2.24, 2.45) is 5.92 Å². The molecule has 0 saturated heterocycles. The second-order valence-electron chi connectivity index (χ2n) is 4.66. The van der Waals surface area contributed by atoms with Crippen LogP contribution in [0.1, 0.15) is 36.2 Å². The summed E-state index contributed by atoms with van der Waals surface area (Å²) in [5.74, 6) is -1.43. The third kappa shape index (κ3) is 3.40. The Bertz CT molecular complexity index is 512. The largest absolute Gasteiger partial charge is 0.481 e. The number of aromatic nitrogens is 2. The van der Waals surface area contributed by atoms with Crippen LogP contribution in [-0.2, 0) is 4.79 Å². The van der Waals surface area contributed by atoms with Crippen molar-refractivity contribution in [3.8, 4) is 0 Å². The molecule has 0 bridgehead atoms. The number of aliphatic carboxylic acids is 1. The van der Waals surface area contributed by atoms with Gasteiger partial charge in [-0.15, -0.1) is 0 Å². The van der Waals surface area contributed by atoms with Crippen LogP contribution in [-0.4, -0.2) is 33.0 Å². The van der Waals surface area contributed by atoms with Gasteiger partial charge in [0.05, 0.1) is 12.1 Å². The number of carbonyl (C=O) groups is 2. The molecule has 0 radical (unpaired) electrons. The summed E-state index contributed by atoms with van der Waals surface area (Å²) in [6.07, 6.45) is 4.74. The van der Waals surface area contributed by atoms with E-state index in [1.54, 1.807) is 0 Å². The van der Waals surface area contributed by atoms with E-state index in [4.69, 9.17) is 5.11 Å². The molecule has 1 aromatic rings. The lowest BCUT2D eigenvalue weighted by Crippen LogP contribution is -2.39. The minimum atomic E-state index is -0.771. The van der Waals surface area contributed by atoms with E-state index in [9.17, 15) is 14.4 Å². The topological polar surface area (TPSA) is 112 Å². The minimum absolute atomic E-state index is 0.0307. The Kier molecular flexibility index (Phi) is 3.94. The molecule has 1 aliphatic carbocycles. The third-order valence-corrected chi connectivity index (χ3v) is 3.32. The number of carbonyl (C=O) groups excluding carboxylic acids is 1. The molecule has 0 spiro atoms. The quantitative estimate of drug-likeness (QED) is 0.719. The smallest absolute Gasteiger partial charge is 0.306 e. The lowest BCUT2D eigenvalue weighted by atomic mass is 9.86. The first-order chi connectivity index (χ1) is 9.06. The van der Waals surface area contributed by atoms with E-state index in [0.29, 0.717) is 25.7 Å². The highest BCUT2D eigenvalue weighted by atomic mass is 16.4. The highest BCUT2D eigenvalue weighted by molar-refractivity contribution is 5.92. The first kappa shape index (κ1) is 13.3. The fourth-order valence-corrected chi connectivity index (χ4v) is 2.21. The van der Waals surface area contributed by atoms with Crippen molar-refractivity contribution in [1.82, 2.24) is 15.3 Å². The van der Waals surface area contributed by atoms with Gasteiger partial charge in [-0.1, -0.05) is 0 Å². The van der Waals surface area contributed by atoms with Crippen molar-refractivity contribution in [2.45, 2.75) is 31.7 Å². The number of rotatable bonds is 3. The first-order valence-electron chi connectivity index (χ1n) is 6.14. The number of carboxylic acid groups (broad SMARTS) is 1. The molecule has 1 fully saturated rings. The van der Waals surface area contributed by atoms with Crippen molar-refractivity contribution in [3.05, 3.63) is 28.4 Å². The molecular formula is C12H15N3O4. The molecule has 1 heterocycles. The maximum absolute atomic E-state index is 11.8. The van der Waals surface area contributed by atoms with Gasteiger partial charge in [0.25, 0.3) is 11.5 Å². The van der Waals surface area contributed by atoms with Gasteiger partial charge in [-0.3, -0.25) is 14.4 Å². The Morgan fingerprint density at radius 3 is 2.53 bits per heavy atom. The summed E-state index contributed by atoms with van der Waals surface area (Å²) < 4.78 is 0. The summed E-state index contributed by atoms with van der Waals surface area (Å²) >= 11 is 0. The van der Waals surface area contributed by atoms with E-state index >= 15 is 0 Å². The molecule has 7 heteroatoms. The molecule has 3 N–H and O–H groups in total. The molecule has 1 aliphatic rings. The molecular weight excluding hydrogens is 250 g/mol. The van der Waals surface area contributed by atoms with Gasteiger partial charge in [0.15, 0.2) is 0 Å². The van der Waals surface area contributed by atoms with Crippen LogP contribution in [0.15, 0.2) is 17.2 Å². The van der Waals surface area contributed by atoms with Gasteiger partial charge in [0, 0.05) is 12.2 Å². The van der Waals surface area contributed by atoms with Gasteiger partial charge in [-0.25, -0.2) is 4.98 Å². The Labute approximate surface area is 109 Å². The average Bonchev–Trinajstić information content (AvgIpc) is 2.40. The van der Waals surface area contributed by atoms with Crippen LogP contribution in [0.3, 0.4) is 0 Å². The van der Waals surface area contributed by atoms with Crippen LogP contribution >= 0.6 is 0 Å². The molecule has 1 saturated carbocycles. The predicted molar refractivity (Wildman–Crippen MR) is 65.7 cm³/mol. The van der Waals surface area contributed by atoms with Crippen LogP contribution < -0.4 is 10.9 Å². The van der Waals surface area contributed by atoms with Crippen molar-refractivity contribution in [2.75, 3.05) is 0 Å². The van der Waals surface area contributed by atoms with Crippen LogP contribution in [0.5, 0.6) is 0 Å². The van der Waals surface area contributed by atoms with Gasteiger partial charge in [-0.2, -0.15) is 0 Å². The zero-order valence-corrected chi connectivity index (χ0v) is 10.3. The van der Waals surface area contributed by atoms with E-state index in [1.807, 2.05) is 0 Å². The van der Waals surface area contributed by atoms with Crippen LogP contribution in [0, 0.1) is 5.92 Å². The predicted octanol–water partition coefficient (Wildman–Crippen LogP) is 0.143. The summed E-state index contributed by atoms with van der Waals surface area (Å²) in [4.78, 5) is 39.6. The molecule has 102 valence electrons. The highest BCUT2D eigenvalue weighted by Crippen LogP contribution is 2.24. The van der Waals surface area contributed by atoms with E-state index in [2.05, 4.69) is 15.3 Å². The molecule has 0 atom stereocenters. The van der Waals surface area contributed by atoms with Gasteiger partial charge < -0.3 is 15.4 Å². The fraction of sp³-hybridized carbons (Fsp3) is 0.500. The number of hydrogen-bond acceptors (Lipinski definition) is 4. The Hall–Kier alpha value is -2.18. The number of aromatic amines is 1. The van der Waals surface area contributed by atoms with E-state index in [0.717, 1.165) is 6.20 Å². The fourth-order valence-electron chi connectivity index (χ4n) is 2.21. The Balaban J connectivity index is 1.89. The summed E-state index contributed by atoms with van der Waals surface area (Å²) in [6, 6.07) is -0.0307. The number of hydrogen-bond donors (Lipinski definition) is 3. The number of nitrogens with one attached hydrogen (secondary N) is 2. The minimum Gasteiger partial charge on any atom is -0.481 e. The van der Waals surface area contributed by atoms with Crippen molar-refractivity contribution in [1.29, 1.82) is 0 Å². The third-order valence-electron chi connectivity index (χ3n) is 3.32. The van der Waals surface area contributed by atoms with Gasteiger partial charge >= 0.3 is 5.97 Å².